The van der Waals surface area contributed by atoms with Crippen LogP contribution in [0.25, 0.3) is 0 Å². The lowest BCUT2D eigenvalue weighted by atomic mass is 9.71. The van der Waals surface area contributed by atoms with Crippen LogP contribution in [-0.4, -0.2) is 23.4 Å². The van der Waals surface area contributed by atoms with E-state index in [0.717, 1.165) is 5.92 Å². The first-order valence-electron chi connectivity index (χ1n) is 8.79. The van der Waals surface area contributed by atoms with Gasteiger partial charge in [-0.2, -0.15) is 0 Å². The Kier molecular flexibility index (Phi) is 3.39. The van der Waals surface area contributed by atoms with Crippen LogP contribution in [0.3, 0.4) is 0 Å². The van der Waals surface area contributed by atoms with Crippen LogP contribution in [0, 0.1) is 22.2 Å². The second-order valence-corrected chi connectivity index (χ2v) is 13.1. The molecule has 3 aliphatic rings. The van der Waals surface area contributed by atoms with Crippen LogP contribution >= 0.6 is 7.55 Å². The van der Waals surface area contributed by atoms with E-state index < -0.39 is 7.55 Å². The lowest BCUT2D eigenvalue weighted by Crippen LogP contribution is -2.30. The van der Waals surface area contributed by atoms with Crippen molar-refractivity contribution in [1.82, 2.24) is 0 Å². The molecule has 0 aromatic heterocycles. The fraction of sp³-hybridized carbons (Fsp3) is 0.947. The fourth-order valence-electron chi connectivity index (χ4n) is 5.52. The first-order valence-corrected chi connectivity index (χ1v) is 10.8. The van der Waals surface area contributed by atoms with E-state index in [1.807, 2.05) is 0 Å². The predicted octanol–water partition coefficient (Wildman–Crippen LogP) is 5.40. The van der Waals surface area contributed by atoms with Gasteiger partial charge in [0, 0.05) is 5.16 Å². The highest BCUT2D eigenvalue weighted by Gasteiger charge is 2.62. The maximum atomic E-state index is 6.69. The molecule has 0 aromatic rings. The van der Waals surface area contributed by atoms with E-state index in [9.17, 15) is 0 Å². The molecule has 2 heteroatoms. The van der Waals surface area contributed by atoms with E-state index in [2.05, 4.69) is 55.1 Å². The van der Waals surface area contributed by atoms with Crippen molar-refractivity contribution < 1.29 is 4.74 Å². The van der Waals surface area contributed by atoms with Gasteiger partial charge in [0.25, 0.3) is 0 Å². The summed E-state index contributed by atoms with van der Waals surface area (Å²) in [5.74, 6) is 0.782. The normalized spacial score (nSPS) is 48.0. The van der Waals surface area contributed by atoms with Gasteiger partial charge in [0.1, 0.15) is 0 Å². The Morgan fingerprint density at radius 3 is 2.24 bits per heavy atom. The number of hydrogen-bond donors (Lipinski definition) is 0. The van der Waals surface area contributed by atoms with Crippen LogP contribution in [0.1, 0.15) is 74.1 Å². The quantitative estimate of drug-likeness (QED) is 0.634. The van der Waals surface area contributed by atoms with E-state index in [1.54, 1.807) is 0 Å². The summed E-state index contributed by atoms with van der Waals surface area (Å²) in [6.07, 6.45) is 5.87. The SMILES string of the molecule is C[PH]1=C(OC2CC3(C)CCC2C3(C)C)C1(C)CC(C)(C)C. The number of rotatable bonds is 3. The Morgan fingerprint density at radius 1 is 1.19 bits per heavy atom. The van der Waals surface area contributed by atoms with E-state index in [-0.39, 0.29) is 0 Å². The second-order valence-electron chi connectivity index (χ2n) is 10.3. The minimum absolute atomic E-state index is 0.403. The van der Waals surface area contributed by atoms with Gasteiger partial charge in [0.15, 0.2) is 0 Å². The van der Waals surface area contributed by atoms with Crippen molar-refractivity contribution in [3.05, 3.63) is 0 Å². The molecular weight excluding hydrogens is 275 g/mol. The van der Waals surface area contributed by atoms with Gasteiger partial charge >= 0.3 is 0 Å². The molecule has 2 saturated carbocycles. The summed E-state index contributed by atoms with van der Waals surface area (Å²) in [6.45, 7) is 19.5. The van der Waals surface area contributed by atoms with Gasteiger partial charge in [0.2, 0.25) is 0 Å². The summed E-state index contributed by atoms with van der Waals surface area (Å²) in [7, 11) is -0.403. The minimum atomic E-state index is -0.403. The second kappa shape index (κ2) is 4.41. The van der Waals surface area contributed by atoms with Gasteiger partial charge in [-0.25, -0.2) is 0 Å². The highest BCUT2D eigenvalue weighted by Crippen LogP contribution is 2.68. The standard InChI is InChI=1S/C19H35OP/c1-16(2,3)12-19(7)15(21(19)8)20-14-11-18(6)10-9-13(14)17(18,4)5/h13-14,21H,9-12H2,1-8H3. The van der Waals surface area contributed by atoms with Crippen molar-refractivity contribution in [1.29, 1.82) is 0 Å². The molecule has 1 nitrogen and oxygen atoms in total. The first-order chi connectivity index (χ1) is 9.41. The highest BCUT2D eigenvalue weighted by molar-refractivity contribution is 7.71. The molecule has 0 N–H and O–H groups in total. The van der Waals surface area contributed by atoms with E-state index >= 15 is 0 Å². The Morgan fingerprint density at radius 2 is 1.81 bits per heavy atom. The fourth-order valence-corrected chi connectivity index (χ4v) is 8.26. The molecule has 5 atom stereocenters. The zero-order chi connectivity index (χ0) is 15.8. The third-order valence-corrected chi connectivity index (χ3v) is 10.5. The summed E-state index contributed by atoms with van der Waals surface area (Å²) in [4.78, 5) is 0. The summed E-state index contributed by atoms with van der Waals surface area (Å²) >= 11 is 0. The molecule has 2 bridgehead atoms. The molecule has 3 rings (SSSR count). The van der Waals surface area contributed by atoms with Crippen molar-refractivity contribution in [3.63, 3.8) is 0 Å². The summed E-state index contributed by atoms with van der Waals surface area (Å²) in [6, 6.07) is 0. The Balaban J connectivity index is 1.70. The molecule has 1 heterocycles. The van der Waals surface area contributed by atoms with Gasteiger partial charge in [-0.15, -0.1) is 0 Å². The molecule has 0 radical (unpaired) electrons. The Hall–Kier alpha value is 0.260. The van der Waals surface area contributed by atoms with Crippen LogP contribution in [0.5, 0.6) is 0 Å². The summed E-state index contributed by atoms with van der Waals surface area (Å²) in [5, 5.41) is 0.426. The monoisotopic (exact) mass is 310 g/mol. The van der Waals surface area contributed by atoms with Crippen LogP contribution in [0.15, 0.2) is 0 Å². The maximum absolute atomic E-state index is 6.69. The van der Waals surface area contributed by atoms with E-state index in [1.165, 1.54) is 31.2 Å². The lowest BCUT2D eigenvalue weighted by molar-refractivity contribution is 0.105. The van der Waals surface area contributed by atoms with Gasteiger partial charge < -0.3 is 4.74 Å². The molecular formula is C19H35OP. The smallest absolute Gasteiger partial charge is 0.0677 e. The number of fused-ring (bicyclic) bond motifs is 2. The molecule has 21 heavy (non-hydrogen) atoms. The third-order valence-electron chi connectivity index (χ3n) is 7.35. The number of hydrogen-bond acceptors (Lipinski definition) is 1. The molecule has 5 unspecified atom stereocenters. The van der Waals surface area contributed by atoms with Crippen LogP contribution in [0.2, 0.25) is 0 Å². The van der Waals surface area contributed by atoms with Gasteiger partial charge in [0.05, 0.1) is 11.6 Å². The largest absolute Gasteiger partial charge is 0.346 e. The molecule has 122 valence electrons. The average molecular weight is 310 g/mol. The predicted molar refractivity (Wildman–Crippen MR) is 95.8 cm³/mol. The number of ether oxygens (including phenoxy) is 1. The van der Waals surface area contributed by atoms with E-state index in [0.29, 0.717) is 27.5 Å². The summed E-state index contributed by atoms with van der Waals surface area (Å²) < 4.78 is 6.69. The molecule has 0 spiro atoms. The summed E-state index contributed by atoms with van der Waals surface area (Å²) in [5.41, 5.74) is 2.90. The molecule has 2 fully saturated rings. The molecule has 2 aliphatic carbocycles. The Labute approximate surface area is 132 Å². The zero-order valence-corrected chi connectivity index (χ0v) is 16.4. The first kappa shape index (κ1) is 16.1. The minimum Gasteiger partial charge on any atom is -0.346 e. The topological polar surface area (TPSA) is 9.23 Å². The molecule has 0 saturated heterocycles. The Bertz CT molecular complexity index is 495. The van der Waals surface area contributed by atoms with Crippen LogP contribution in [0.4, 0.5) is 0 Å². The maximum Gasteiger partial charge on any atom is 0.0677 e. The average Bonchev–Trinajstić information content (AvgIpc) is 2.59. The van der Waals surface area contributed by atoms with Crippen molar-refractivity contribution >= 4 is 13.0 Å². The highest BCUT2D eigenvalue weighted by atomic mass is 31.1. The van der Waals surface area contributed by atoms with Gasteiger partial charge in [-0.05, 0) is 61.4 Å². The third kappa shape index (κ3) is 2.29. The van der Waals surface area contributed by atoms with Crippen molar-refractivity contribution in [2.24, 2.45) is 22.2 Å². The van der Waals surface area contributed by atoms with Gasteiger partial charge in [-0.1, -0.05) is 49.1 Å². The van der Waals surface area contributed by atoms with Crippen molar-refractivity contribution in [2.75, 3.05) is 6.66 Å². The van der Waals surface area contributed by atoms with Crippen molar-refractivity contribution in [2.45, 2.75) is 85.4 Å². The molecule has 0 amide bonds. The molecule has 0 aromatic carbocycles. The van der Waals surface area contributed by atoms with Crippen LogP contribution < -0.4 is 0 Å². The molecule has 1 aliphatic heterocycles. The van der Waals surface area contributed by atoms with E-state index in [4.69, 9.17) is 4.74 Å². The lowest BCUT2D eigenvalue weighted by Gasteiger charge is -2.33. The van der Waals surface area contributed by atoms with Gasteiger partial charge in [-0.3, -0.25) is 0 Å². The van der Waals surface area contributed by atoms with Crippen LogP contribution in [-0.2, 0) is 4.74 Å². The zero-order valence-electron chi connectivity index (χ0n) is 15.4. The van der Waals surface area contributed by atoms with Crippen molar-refractivity contribution in [3.8, 4) is 0 Å².